The molecular formula is C13H15N7OS. The summed E-state index contributed by atoms with van der Waals surface area (Å²) in [6.45, 7) is 2.29. The molecule has 0 spiro atoms. The molecule has 0 fully saturated rings. The van der Waals surface area contributed by atoms with E-state index in [2.05, 4.69) is 30.5 Å². The average Bonchev–Trinajstić information content (AvgIpc) is 3.08. The number of carbonyl (C=O) groups is 1. The van der Waals surface area contributed by atoms with Crippen molar-refractivity contribution in [2.75, 3.05) is 11.5 Å². The first-order chi connectivity index (χ1) is 10.6. The van der Waals surface area contributed by atoms with Gasteiger partial charge in [-0.05, 0) is 24.6 Å². The van der Waals surface area contributed by atoms with Gasteiger partial charge in [0, 0.05) is 0 Å². The summed E-state index contributed by atoms with van der Waals surface area (Å²) in [6.07, 6.45) is 0. The number of rotatable bonds is 5. The smallest absolute Gasteiger partial charge is 0.239 e. The van der Waals surface area contributed by atoms with E-state index in [-0.39, 0.29) is 24.2 Å². The highest BCUT2D eigenvalue weighted by molar-refractivity contribution is 7.99. The zero-order valence-electron chi connectivity index (χ0n) is 11.9. The average molecular weight is 317 g/mol. The number of aromatic amines is 2. The lowest BCUT2D eigenvalue weighted by molar-refractivity contribution is -0.118. The molecule has 0 aliphatic carbocycles. The molecule has 0 bridgehead atoms. The van der Waals surface area contributed by atoms with E-state index in [9.17, 15) is 4.79 Å². The minimum atomic E-state index is -0.114. The van der Waals surface area contributed by atoms with Crippen LogP contribution >= 0.6 is 11.8 Å². The maximum Gasteiger partial charge on any atom is 0.239 e. The minimum Gasteiger partial charge on any atom is -0.367 e. The standard InChI is InChI=1S/C13H15N7OS/c1-7-2-3-8-9(4-7)17-13(16-8)22-6-11(21)15-5-10-18-12(14)20-19-10/h2-4H,5-6H2,1H3,(H,15,21)(H,16,17)(H3,14,18,19,20). The lowest BCUT2D eigenvalue weighted by Gasteiger charge is -2.01. The molecule has 9 heteroatoms. The van der Waals surface area contributed by atoms with Gasteiger partial charge in [-0.3, -0.25) is 9.89 Å². The molecule has 2 aromatic heterocycles. The predicted molar refractivity (Wildman–Crippen MR) is 84.2 cm³/mol. The van der Waals surface area contributed by atoms with Gasteiger partial charge in [-0.2, -0.15) is 4.98 Å². The number of thioether (sulfide) groups is 1. The Hall–Kier alpha value is -2.55. The number of aromatic nitrogens is 5. The topological polar surface area (TPSA) is 125 Å². The number of aryl methyl sites for hydroxylation is 1. The van der Waals surface area contributed by atoms with Gasteiger partial charge in [0.25, 0.3) is 0 Å². The van der Waals surface area contributed by atoms with E-state index in [0.29, 0.717) is 5.82 Å². The first-order valence-corrected chi connectivity index (χ1v) is 7.61. The molecule has 0 saturated carbocycles. The Morgan fingerprint density at radius 3 is 3.05 bits per heavy atom. The van der Waals surface area contributed by atoms with Crippen molar-refractivity contribution in [3.05, 3.63) is 29.6 Å². The van der Waals surface area contributed by atoms with Crippen molar-refractivity contribution in [2.45, 2.75) is 18.6 Å². The highest BCUT2D eigenvalue weighted by Crippen LogP contribution is 2.20. The van der Waals surface area contributed by atoms with Gasteiger partial charge >= 0.3 is 0 Å². The third-order valence-electron chi connectivity index (χ3n) is 2.96. The van der Waals surface area contributed by atoms with Crippen molar-refractivity contribution in [3.8, 4) is 0 Å². The van der Waals surface area contributed by atoms with Crippen LogP contribution in [0, 0.1) is 6.92 Å². The highest BCUT2D eigenvalue weighted by Gasteiger charge is 2.08. The molecule has 22 heavy (non-hydrogen) atoms. The number of nitrogens with zero attached hydrogens (tertiary/aromatic N) is 3. The van der Waals surface area contributed by atoms with Crippen LogP contribution in [-0.4, -0.2) is 36.8 Å². The van der Waals surface area contributed by atoms with Crippen molar-refractivity contribution in [1.82, 2.24) is 30.5 Å². The van der Waals surface area contributed by atoms with Crippen LogP contribution in [0.2, 0.25) is 0 Å². The highest BCUT2D eigenvalue weighted by atomic mass is 32.2. The van der Waals surface area contributed by atoms with Crippen molar-refractivity contribution >= 4 is 34.7 Å². The van der Waals surface area contributed by atoms with E-state index in [0.717, 1.165) is 21.8 Å². The van der Waals surface area contributed by atoms with E-state index in [1.165, 1.54) is 11.8 Å². The first-order valence-electron chi connectivity index (χ1n) is 6.63. The number of anilines is 1. The number of amides is 1. The maximum absolute atomic E-state index is 11.8. The molecule has 0 saturated heterocycles. The molecular weight excluding hydrogens is 302 g/mol. The number of hydrogen-bond donors (Lipinski definition) is 4. The van der Waals surface area contributed by atoms with Gasteiger partial charge < -0.3 is 16.0 Å². The predicted octanol–water partition coefficient (Wildman–Crippen LogP) is 0.980. The van der Waals surface area contributed by atoms with Gasteiger partial charge in [-0.1, -0.05) is 17.8 Å². The fourth-order valence-electron chi connectivity index (χ4n) is 1.92. The van der Waals surface area contributed by atoms with Gasteiger partial charge in [0.2, 0.25) is 11.9 Å². The molecule has 3 aromatic rings. The lowest BCUT2D eigenvalue weighted by Crippen LogP contribution is -2.25. The van der Waals surface area contributed by atoms with Crippen molar-refractivity contribution in [3.63, 3.8) is 0 Å². The van der Waals surface area contributed by atoms with Crippen LogP contribution in [0.4, 0.5) is 5.95 Å². The second-order valence-corrected chi connectivity index (χ2v) is 5.73. The molecule has 5 N–H and O–H groups in total. The zero-order valence-corrected chi connectivity index (χ0v) is 12.7. The fourth-order valence-corrected chi connectivity index (χ4v) is 2.64. The third-order valence-corrected chi connectivity index (χ3v) is 3.83. The van der Waals surface area contributed by atoms with E-state index in [4.69, 9.17) is 5.73 Å². The third kappa shape index (κ3) is 3.37. The summed E-state index contributed by atoms with van der Waals surface area (Å²) in [7, 11) is 0. The summed E-state index contributed by atoms with van der Waals surface area (Å²) < 4.78 is 0. The monoisotopic (exact) mass is 317 g/mol. The molecule has 1 aromatic carbocycles. The first kappa shape index (κ1) is 14.4. The van der Waals surface area contributed by atoms with E-state index < -0.39 is 0 Å². The van der Waals surface area contributed by atoms with Crippen LogP contribution in [0.25, 0.3) is 11.0 Å². The van der Waals surface area contributed by atoms with Crippen molar-refractivity contribution < 1.29 is 4.79 Å². The van der Waals surface area contributed by atoms with Gasteiger partial charge in [0.15, 0.2) is 5.16 Å². The van der Waals surface area contributed by atoms with Gasteiger partial charge in [0.1, 0.15) is 5.82 Å². The second-order valence-electron chi connectivity index (χ2n) is 4.77. The number of carbonyl (C=O) groups excluding carboxylic acids is 1. The number of fused-ring (bicyclic) bond motifs is 1. The maximum atomic E-state index is 11.8. The SMILES string of the molecule is Cc1ccc2nc(SCC(=O)NCc3nc(N)n[nH]3)[nH]c2c1. The summed E-state index contributed by atoms with van der Waals surface area (Å²) >= 11 is 1.35. The summed E-state index contributed by atoms with van der Waals surface area (Å²) in [4.78, 5) is 23.3. The number of imidazole rings is 1. The molecule has 0 unspecified atom stereocenters. The summed E-state index contributed by atoms with van der Waals surface area (Å²) in [5, 5.41) is 9.78. The van der Waals surface area contributed by atoms with Crippen molar-refractivity contribution in [2.24, 2.45) is 0 Å². The van der Waals surface area contributed by atoms with Crippen LogP contribution in [0.1, 0.15) is 11.4 Å². The quantitative estimate of drug-likeness (QED) is 0.520. The fraction of sp³-hybridized carbons (Fsp3) is 0.231. The van der Waals surface area contributed by atoms with E-state index >= 15 is 0 Å². The minimum absolute atomic E-state index is 0.114. The second kappa shape index (κ2) is 6.06. The van der Waals surface area contributed by atoms with E-state index in [1.54, 1.807) is 0 Å². The lowest BCUT2D eigenvalue weighted by atomic mass is 10.2. The van der Waals surface area contributed by atoms with Gasteiger partial charge in [-0.15, -0.1) is 5.10 Å². The Balaban J connectivity index is 1.53. The summed E-state index contributed by atoms with van der Waals surface area (Å²) in [5.74, 6) is 0.838. The van der Waals surface area contributed by atoms with Crippen LogP contribution < -0.4 is 11.1 Å². The number of nitrogens with two attached hydrogens (primary N) is 1. The number of nitrogens with one attached hydrogen (secondary N) is 3. The molecule has 8 nitrogen and oxygen atoms in total. The van der Waals surface area contributed by atoms with Crippen LogP contribution in [0.5, 0.6) is 0 Å². The van der Waals surface area contributed by atoms with Crippen LogP contribution in [0.3, 0.4) is 0 Å². The van der Waals surface area contributed by atoms with Crippen LogP contribution in [0.15, 0.2) is 23.4 Å². The normalized spacial score (nSPS) is 11.0. The van der Waals surface area contributed by atoms with E-state index in [1.807, 2.05) is 25.1 Å². The Kier molecular flexibility index (Phi) is 3.96. The molecule has 0 aliphatic heterocycles. The Bertz CT molecular complexity index is 810. The number of nitrogen functional groups attached to an aromatic ring is 1. The number of H-pyrrole nitrogens is 2. The molecule has 2 heterocycles. The largest absolute Gasteiger partial charge is 0.367 e. The van der Waals surface area contributed by atoms with Crippen LogP contribution in [-0.2, 0) is 11.3 Å². The Labute approximate surface area is 130 Å². The number of hydrogen-bond acceptors (Lipinski definition) is 6. The summed E-state index contributed by atoms with van der Waals surface area (Å²) in [5.41, 5.74) is 8.41. The van der Waals surface area contributed by atoms with Gasteiger partial charge in [-0.25, -0.2) is 4.98 Å². The molecule has 114 valence electrons. The molecule has 0 radical (unpaired) electrons. The summed E-state index contributed by atoms with van der Waals surface area (Å²) in [6, 6.07) is 5.99. The molecule has 0 aliphatic rings. The molecule has 1 amide bonds. The van der Waals surface area contributed by atoms with Gasteiger partial charge in [0.05, 0.1) is 23.3 Å². The Morgan fingerprint density at radius 1 is 1.41 bits per heavy atom. The molecule has 3 rings (SSSR count). The Morgan fingerprint density at radius 2 is 2.27 bits per heavy atom. The number of benzene rings is 1. The molecule has 0 atom stereocenters. The van der Waals surface area contributed by atoms with Crippen molar-refractivity contribution in [1.29, 1.82) is 0 Å². The zero-order chi connectivity index (χ0) is 15.5.